The molecule has 1 aromatic heterocycles. The number of aliphatic hydroxyl groups excluding tert-OH is 1. The maximum Gasteiger partial charge on any atom is 0.139 e. The second-order valence-corrected chi connectivity index (χ2v) is 7.65. The fourth-order valence-electron chi connectivity index (χ4n) is 3.22. The van der Waals surface area contributed by atoms with Gasteiger partial charge < -0.3 is 14.7 Å². The zero-order valence-corrected chi connectivity index (χ0v) is 16.8. The van der Waals surface area contributed by atoms with Gasteiger partial charge in [0.15, 0.2) is 0 Å². The SMILES string of the molecule is COc1cccc(N2CC(O)=C(c3nc(-c4ccc(C)c(C)c4)cs3)C2=N)c1. The lowest BCUT2D eigenvalue weighted by molar-refractivity contribution is 0.410. The summed E-state index contributed by atoms with van der Waals surface area (Å²) in [7, 11) is 1.61. The molecule has 142 valence electrons. The van der Waals surface area contributed by atoms with Crippen molar-refractivity contribution < 1.29 is 9.84 Å². The molecule has 2 aromatic carbocycles. The Kier molecular flexibility index (Phi) is 4.65. The smallest absolute Gasteiger partial charge is 0.139 e. The number of methoxy groups -OCH3 is 1. The number of thiazole rings is 1. The van der Waals surface area contributed by atoms with E-state index in [1.54, 1.807) is 12.0 Å². The van der Waals surface area contributed by atoms with Crippen molar-refractivity contribution in [2.24, 2.45) is 0 Å². The Morgan fingerprint density at radius 1 is 1.14 bits per heavy atom. The summed E-state index contributed by atoms with van der Waals surface area (Å²) >= 11 is 1.44. The van der Waals surface area contributed by atoms with Crippen LogP contribution in [0.2, 0.25) is 0 Å². The monoisotopic (exact) mass is 391 g/mol. The summed E-state index contributed by atoms with van der Waals surface area (Å²) in [6, 6.07) is 13.7. The highest BCUT2D eigenvalue weighted by Gasteiger charge is 2.31. The number of nitrogens with zero attached hydrogens (tertiary/aromatic N) is 2. The van der Waals surface area contributed by atoms with Crippen LogP contribution in [0.15, 0.2) is 53.6 Å². The third kappa shape index (κ3) is 3.16. The van der Waals surface area contributed by atoms with E-state index in [-0.39, 0.29) is 18.1 Å². The summed E-state index contributed by atoms with van der Waals surface area (Å²) in [6.45, 7) is 4.42. The van der Waals surface area contributed by atoms with Crippen LogP contribution in [0, 0.1) is 19.3 Å². The molecule has 0 spiro atoms. The summed E-state index contributed by atoms with van der Waals surface area (Å²) in [4.78, 5) is 6.46. The molecule has 0 bridgehead atoms. The number of benzene rings is 2. The van der Waals surface area contributed by atoms with Crippen molar-refractivity contribution in [2.75, 3.05) is 18.6 Å². The summed E-state index contributed by atoms with van der Waals surface area (Å²) in [6.07, 6.45) is 0. The van der Waals surface area contributed by atoms with Gasteiger partial charge in [0.1, 0.15) is 22.4 Å². The van der Waals surface area contributed by atoms with E-state index in [2.05, 4.69) is 32.0 Å². The van der Waals surface area contributed by atoms with Gasteiger partial charge in [0.05, 0.1) is 24.9 Å². The van der Waals surface area contributed by atoms with E-state index >= 15 is 0 Å². The van der Waals surface area contributed by atoms with Gasteiger partial charge in [-0.25, -0.2) is 4.98 Å². The molecule has 1 aliphatic rings. The molecule has 0 atom stereocenters. The zero-order chi connectivity index (χ0) is 19.8. The average molecular weight is 391 g/mol. The standard InChI is InChI=1S/C22H21N3O2S/c1-13-7-8-15(9-14(13)2)18-12-28-22(24-18)20-19(26)11-25(21(20)23)16-5-4-6-17(10-16)27-3/h4-10,12,23,26H,11H2,1-3H3. The van der Waals surface area contributed by atoms with Gasteiger partial charge in [-0.15, -0.1) is 11.3 Å². The first kappa shape index (κ1) is 18.3. The Morgan fingerprint density at radius 3 is 2.71 bits per heavy atom. The van der Waals surface area contributed by atoms with Gasteiger partial charge in [0, 0.05) is 22.7 Å². The quantitative estimate of drug-likeness (QED) is 0.641. The number of rotatable bonds is 4. The van der Waals surface area contributed by atoms with Gasteiger partial charge in [0.25, 0.3) is 0 Å². The molecule has 1 aliphatic heterocycles. The first-order chi connectivity index (χ1) is 13.5. The number of aromatic nitrogens is 1. The molecule has 6 heteroatoms. The molecular weight excluding hydrogens is 370 g/mol. The van der Waals surface area contributed by atoms with Crippen LogP contribution < -0.4 is 9.64 Å². The molecule has 2 heterocycles. The zero-order valence-electron chi connectivity index (χ0n) is 16.0. The van der Waals surface area contributed by atoms with E-state index < -0.39 is 0 Å². The summed E-state index contributed by atoms with van der Waals surface area (Å²) in [5.41, 5.74) is 5.65. The molecule has 0 aliphatic carbocycles. The molecule has 3 aromatic rings. The first-order valence-electron chi connectivity index (χ1n) is 8.94. The number of ether oxygens (including phenoxy) is 1. The molecule has 0 unspecified atom stereocenters. The van der Waals surface area contributed by atoms with E-state index in [4.69, 9.17) is 15.1 Å². The van der Waals surface area contributed by atoms with Crippen LogP contribution in [0.3, 0.4) is 0 Å². The molecule has 2 N–H and O–H groups in total. The molecule has 0 radical (unpaired) electrons. The maximum atomic E-state index is 10.6. The molecule has 5 nitrogen and oxygen atoms in total. The Labute approximate surface area is 168 Å². The van der Waals surface area contributed by atoms with Crippen LogP contribution in [-0.4, -0.2) is 29.6 Å². The molecular formula is C22H21N3O2S. The Hall–Kier alpha value is -3.12. The van der Waals surface area contributed by atoms with Crippen LogP contribution in [0.5, 0.6) is 5.75 Å². The number of aryl methyl sites for hydroxylation is 2. The highest BCUT2D eigenvalue weighted by atomic mass is 32.1. The van der Waals surface area contributed by atoms with E-state index in [9.17, 15) is 5.11 Å². The van der Waals surface area contributed by atoms with E-state index in [1.807, 2.05) is 29.6 Å². The largest absolute Gasteiger partial charge is 0.510 e. The topological polar surface area (TPSA) is 69.4 Å². The van der Waals surface area contributed by atoms with Gasteiger partial charge in [0.2, 0.25) is 0 Å². The van der Waals surface area contributed by atoms with Crippen LogP contribution in [0.4, 0.5) is 5.69 Å². The number of nitrogens with one attached hydrogen (secondary N) is 1. The molecule has 28 heavy (non-hydrogen) atoms. The predicted octanol–water partition coefficient (Wildman–Crippen LogP) is 5.20. The normalized spacial score (nSPS) is 14.1. The van der Waals surface area contributed by atoms with Crippen molar-refractivity contribution in [3.63, 3.8) is 0 Å². The van der Waals surface area contributed by atoms with Crippen molar-refractivity contribution in [3.8, 4) is 17.0 Å². The molecule has 0 saturated heterocycles. The lowest BCUT2D eigenvalue weighted by Crippen LogP contribution is -2.25. The van der Waals surface area contributed by atoms with E-state index in [0.717, 1.165) is 16.9 Å². The van der Waals surface area contributed by atoms with Crippen molar-refractivity contribution >= 4 is 28.4 Å². The Balaban J connectivity index is 1.64. The van der Waals surface area contributed by atoms with Crippen molar-refractivity contribution in [1.29, 1.82) is 5.41 Å². The van der Waals surface area contributed by atoms with Gasteiger partial charge in [-0.1, -0.05) is 18.2 Å². The Bertz CT molecular complexity index is 1100. The number of hydrogen-bond donors (Lipinski definition) is 2. The molecule has 4 rings (SSSR count). The third-order valence-electron chi connectivity index (χ3n) is 4.99. The fourth-order valence-corrected chi connectivity index (χ4v) is 4.12. The fraction of sp³-hybridized carbons (Fsp3) is 0.182. The number of amidine groups is 1. The minimum Gasteiger partial charge on any atom is -0.510 e. The summed E-state index contributed by atoms with van der Waals surface area (Å²) in [5.74, 6) is 1.12. The average Bonchev–Trinajstić information content (AvgIpc) is 3.28. The lowest BCUT2D eigenvalue weighted by atomic mass is 10.1. The van der Waals surface area contributed by atoms with E-state index in [1.165, 1.54) is 22.5 Å². The highest BCUT2D eigenvalue weighted by Crippen LogP contribution is 2.35. The number of hydrogen-bond acceptors (Lipinski definition) is 5. The minimum absolute atomic E-state index is 0.161. The maximum absolute atomic E-state index is 10.6. The predicted molar refractivity (Wildman–Crippen MR) is 115 cm³/mol. The molecule has 0 fully saturated rings. The second-order valence-electron chi connectivity index (χ2n) is 6.79. The highest BCUT2D eigenvalue weighted by molar-refractivity contribution is 7.11. The van der Waals surface area contributed by atoms with Gasteiger partial charge in [-0.2, -0.15) is 0 Å². The Morgan fingerprint density at radius 2 is 1.96 bits per heavy atom. The van der Waals surface area contributed by atoms with Crippen molar-refractivity contribution in [3.05, 3.63) is 69.7 Å². The van der Waals surface area contributed by atoms with Crippen LogP contribution in [-0.2, 0) is 0 Å². The van der Waals surface area contributed by atoms with Gasteiger partial charge in [-0.3, -0.25) is 5.41 Å². The number of anilines is 1. The molecule has 0 saturated carbocycles. The van der Waals surface area contributed by atoms with E-state index in [0.29, 0.717) is 16.3 Å². The number of aliphatic hydroxyl groups is 1. The second kappa shape index (κ2) is 7.13. The van der Waals surface area contributed by atoms with Crippen LogP contribution in [0.25, 0.3) is 16.8 Å². The first-order valence-corrected chi connectivity index (χ1v) is 9.82. The van der Waals surface area contributed by atoms with Gasteiger partial charge >= 0.3 is 0 Å². The summed E-state index contributed by atoms with van der Waals surface area (Å²) < 4.78 is 5.27. The third-order valence-corrected chi connectivity index (χ3v) is 5.85. The van der Waals surface area contributed by atoms with Gasteiger partial charge in [-0.05, 0) is 43.2 Å². The van der Waals surface area contributed by atoms with Crippen molar-refractivity contribution in [1.82, 2.24) is 4.98 Å². The van der Waals surface area contributed by atoms with Crippen LogP contribution in [0.1, 0.15) is 16.1 Å². The van der Waals surface area contributed by atoms with Crippen molar-refractivity contribution in [2.45, 2.75) is 13.8 Å². The molecule has 0 amide bonds. The van der Waals surface area contributed by atoms with Crippen LogP contribution >= 0.6 is 11.3 Å². The summed E-state index contributed by atoms with van der Waals surface area (Å²) in [5, 5.41) is 21.8. The lowest BCUT2D eigenvalue weighted by Gasteiger charge is -2.19. The minimum atomic E-state index is 0.161.